The van der Waals surface area contributed by atoms with Gasteiger partial charge >= 0.3 is 0 Å². The first-order chi connectivity index (χ1) is 8.56. The van der Waals surface area contributed by atoms with Gasteiger partial charge in [-0.3, -0.25) is 4.90 Å². The summed E-state index contributed by atoms with van der Waals surface area (Å²) in [6.07, 6.45) is 8.31. The van der Waals surface area contributed by atoms with Gasteiger partial charge < -0.3 is 5.32 Å². The van der Waals surface area contributed by atoms with Crippen molar-refractivity contribution < 1.29 is 0 Å². The molecule has 1 N–H and O–H groups in total. The van der Waals surface area contributed by atoms with Crippen molar-refractivity contribution in [1.82, 2.24) is 10.2 Å². The van der Waals surface area contributed by atoms with E-state index in [1.54, 1.807) is 0 Å². The van der Waals surface area contributed by atoms with Crippen LogP contribution in [0.2, 0.25) is 0 Å². The fourth-order valence-corrected chi connectivity index (χ4v) is 3.90. The van der Waals surface area contributed by atoms with E-state index in [1.165, 1.54) is 51.6 Å². The summed E-state index contributed by atoms with van der Waals surface area (Å²) >= 11 is 0. The van der Waals surface area contributed by atoms with E-state index in [0.717, 1.165) is 12.0 Å². The van der Waals surface area contributed by atoms with Gasteiger partial charge in [-0.15, -0.1) is 0 Å². The van der Waals surface area contributed by atoms with Crippen LogP contribution in [0.15, 0.2) is 0 Å². The summed E-state index contributed by atoms with van der Waals surface area (Å²) in [4.78, 5) is 2.79. The Morgan fingerprint density at radius 3 is 2.56 bits per heavy atom. The normalized spacial score (nSPS) is 31.7. The zero-order chi connectivity index (χ0) is 13.2. The van der Waals surface area contributed by atoms with Gasteiger partial charge in [-0.2, -0.15) is 0 Å². The SMILES string of the molecule is CCC(C)CC(C)N1CC2(CCCC2)NCC1C. The summed E-state index contributed by atoms with van der Waals surface area (Å²) in [5.41, 5.74) is 0.468. The lowest BCUT2D eigenvalue weighted by Crippen LogP contribution is -2.64. The Morgan fingerprint density at radius 1 is 1.28 bits per heavy atom. The molecular formula is C16H32N2. The van der Waals surface area contributed by atoms with Crippen molar-refractivity contribution >= 4 is 0 Å². The molecule has 0 aromatic heterocycles. The van der Waals surface area contributed by atoms with E-state index >= 15 is 0 Å². The largest absolute Gasteiger partial charge is 0.308 e. The van der Waals surface area contributed by atoms with E-state index < -0.39 is 0 Å². The molecule has 3 atom stereocenters. The van der Waals surface area contributed by atoms with Crippen LogP contribution in [0.25, 0.3) is 0 Å². The lowest BCUT2D eigenvalue weighted by atomic mass is 9.90. The second-order valence-electron chi connectivity index (χ2n) is 6.99. The van der Waals surface area contributed by atoms with Crippen LogP contribution in [-0.2, 0) is 0 Å². The molecule has 1 heterocycles. The Hall–Kier alpha value is -0.0800. The summed E-state index contributed by atoms with van der Waals surface area (Å²) in [7, 11) is 0. The van der Waals surface area contributed by atoms with Crippen LogP contribution in [0.3, 0.4) is 0 Å². The maximum Gasteiger partial charge on any atom is 0.0309 e. The van der Waals surface area contributed by atoms with Crippen LogP contribution in [0.1, 0.15) is 66.2 Å². The molecular weight excluding hydrogens is 220 g/mol. The Bertz CT molecular complexity index is 258. The molecule has 1 saturated heterocycles. The fourth-order valence-electron chi connectivity index (χ4n) is 3.90. The van der Waals surface area contributed by atoms with E-state index in [1.807, 2.05) is 0 Å². The average molecular weight is 252 g/mol. The smallest absolute Gasteiger partial charge is 0.0309 e. The first kappa shape index (κ1) is 14.3. The van der Waals surface area contributed by atoms with Crippen molar-refractivity contribution in [2.75, 3.05) is 13.1 Å². The lowest BCUT2D eigenvalue weighted by Gasteiger charge is -2.48. The molecule has 2 aliphatic rings. The van der Waals surface area contributed by atoms with Crippen molar-refractivity contribution in [2.45, 2.75) is 83.8 Å². The van der Waals surface area contributed by atoms with E-state index in [9.17, 15) is 0 Å². The molecule has 0 bridgehead atoms. The van der Waals surface area contributed by atoms with Crippen LogP contribution in [-0.4, -0.2) is 35.6 Å². The van der Waals surface area contributed by atoms with Crippen LogP contribution in [0, 0.1) is 5.92 Å². The van der Waals surface area contributed by atoms with Crippen molar-refractivity contribution in [2.24, 2.45) is 5.92 Å². The summed E-state index contributed by atoms with van der Waals surface area (Å²) < 4.78 is 0. The molecule has 1 spiro atoms. The van der Waals surface area contributed by atoms with Crippen molar-refractivity contribution in [3.63, 3.8) is 0 Å². The predicted octanol–water partition coefficient (Wildman–Crippen LogP) is 3.42. The Labute approximate surface area is 114 Å². The molecule has 1 saturated carbocycles. The quantitative estimate of drug-likeness (QED) is 0.825. The van der Waals surface area contributed by atoms with Crippen molar-refractivity contribution in [3.05, 3.63) is 0 Å². The van der Waals surface area contributed by atoms with Crippen LogP contribution in [0.5, 0.6) is 0 Å². The van der Waals surface area contributed by atoms with Gasteiger partial charge in [-0.1, -0.05) is 33.1 Å². The molecule has 2 nitrogen and oxygen atoms in total. The van der Waals surface area contributed by atoms with Crippen LogP contribution < -0.4 is 5.32 Å². The Kier molecular flexibility index (Phi) is 4.71. The number of nitrogens with one attached hydrogen (secondary N) is 1. The summed E-state index contributed by atoms with van der Waals surface area (Å²) in [6.45, 7) is 12.0. The predicted molar refractivity (Wildman–Crippen MR) is 78.9 cm³/mol. The highest BCUT2D eigenvalue weighted by molar-refractivity contribution is 5.01. The van der Waals surface area contributed by atoms with E-state index in [0.29, 0.717) is 11.6 Å². The van der Waals surface area contributed by atoms with Crippen molar-refractivity contribution in [1.29, 1.82) is 0 Å². The number of piperazine rings is 1. The summed E-state index contributed by atoms with van der Waals surface area (Å²) in [6, 6.07) is 1.45. The van der Waals surface area contributed by atoms with Gasteiger partial charge in [0.15, 0.2) is 0 Å². The van der Waals surface area contributed by atoms with Gasteiger partial charge in [-0.25, -0.2) is 0 Å². The topological polar surface area (TPSA) is 15.3 Å². The minimum atomic E-state index is 0.468. The molecule has 2 rings (SSSR count). The molecule has 18 heavy (non-hydrogen) atoms. The van der Waals surface area contributed by atoms with E-state index in [2.05, 4.69) is 37.9 Å². The Balaban J connectivity index is 1.96. The zero-order valence-corrected chi connectivity index (χ0v) is 12.8. The first-order valence-corrected chi connectivity index (χ1v) is 8.07. The second-order valence-corrected chi connectivity index (χ2v) is 6.99. The lowest BCUT2D eigenvalue weighted by molar-refractivity contribution is 0.0481. The van der Waals surface area contributed by atoms with Gasteiger partial charge in [0.25, 0.3) is 0 Å². The first-order valence-electron chi connectivity index (χ1n) is 8.07. The zero-order valence-electron chi connectivity index (χ0n) is 12.8. The van der Waals surface area contributed by atoms with Gasteiger partial charge in [0, 0.05) is 30.7 Å². The van der Waals surface area contributed by atoms with Crippen LogP contribution in [0.4, 0.5) is 0 Å². The van der Waals surface area contributed by atoms with Gasteiger partial charge in [-0.05, 0) is 39.0 Å². The van der Waals surface area contributed by atoms with Crippen molar-refractivity contribution in [3.8, 4) is 0 Å². The molecule has 2 fully saturated rings. The average Bonchev–Trinajstić information content (AvgIpc) is 2.81. The minimum Gasteiger partial charge on any atom is -0.308 e. The summed E-state index contributed by atoms with van der Waals surface area (Å²) in [5.74, 6) is 0.863. The highest BCUT2D eigenvalue weighted by Crippen LogP contribution is 2.34. The third kappa shape index (κ3) is 3.08. The number of rotatable bonds is 4. The minimum absolute atomic E-state index is 0.468. The third-order valence-corrected chi connectivity index (χ3v) is 5.39. The molecule has 0 aromatic rings. The van der Waals surface area contributed by atoms with E-state index in [4.69, 9.17) is 0 Å². The number of hydrogen-bond acceptors (Lipinski definition) is 2. The third-order valence-electron chi connectivity index (χ3n) is 5.39. The number of hydrogen-bond donors (Lipinski definition) is 1. The monoisotopic (exact) mass is 252 g/mol. The summed E-state index contributed by atoms with van der Waals surface area (Å²) in [5, 5.41) is 3.85. The molecule has 0 aromatic carbocycles. The van der Waals surface area contributed by atoms with Gasteiger partial charge in [0.1, 0.15) is 0 Å². The molecule has 0 radical (unpaired) electrons. The molecule has 3 unspecified atom stereocenters. The highest BCUT2D eigenvalue weighted by atomic mass is 15.3. The highest BCUT2D eigenvalue weighted by Gasteiger charge is 2.41. The molecule has 0 amide bonds. The maximum atomic E-state index is 3.85. The molecule has 2 heteroatoms. The standard InChI is InChI=1S/C16H32N2/c1-5-13(2)10-14(3)18-12-16(8-6-7-9-16)17-11-15(18)4/h13-15,17H,5-12H2,1-4H3. The Morgan fingerprint density at radius 2 is 1.94 bits per heavy atom. The van der Waals surface area contributed by atoms with Gasteiger partial charge in [0.05, 0.1) is 0 Å². The second kappa shape index (κ2) is 5.92. The van der Waals surface area contributed by atoms with Gasteiger partial charge in [0.2, 0.25) is 0 Å². The fraction of sp³-hybridized carbons (Fsp3) is 1.00. The molecule has 106 valence electrons. The number of nitrogens with zero attached hydrogens (tertiary/aromatic N) is 1. The molecule has 1 aliphatic carbocycles. The van der Waals surface area contributed by atoms with Crippen LogP contribution >= 0.6 is 0 Å². The maximum absolute atomic E-state index is 3.85. The van der Waals surface area contributed by atoms with E-state index in [-0.39, 0.29) is 0 Å². The molecule has 1 aliphatic heterocycles.